The lowest BCUT2D eigenvalue weighted by molar-refractivity contribution is -0.137. The fraction of sp³-hybridized carbons (Fsp3) is 0.286. The summed E-state index contributed by atoms with van der Waals surface area (Å²) in [7, 11) is 1.50. The average Bonchev–Trinajstić information content (AvgIpc) is 2.91. The molecule has 0 radical (unpaired) electrons. The van der Waals surface area contributed by atoms with Gasteiger partial charge in [0.05, 0.1) is 36.0 Å². The zero-order valence-electron chi connectivity index (χ0n) is 22.0. The maximum atomic E-state index is 13.9. The number of aryl methyl sites for hydroxylation is 1. The molecule has 0 fully saturated rings. The van der Waals surface area contributed by atoms with E-state index in [0.717, 1.165) is 18.1 Å². The Morgan fingerprint density at radius 3 is 2.59 bits per heavy atom. The van der Waals surface area contributed by atoms with E-state index in [4.69, 9.17) is 9.47 Å². The Morgan fingerprint density at radius 2 is 1.90 bits per heavy atom. The van der Waals surface area contributed by atoms with Crippen molar-refractivity contribution in [3.63, 3.8) is 0 Å². The van der Waals surface area contributed by atoms with E-state index in [1.807, 2.05) is 26.0 Å². The Morgan fingerprint density at radius 1 is 1.10 bits per heavy atom. The van der Waals surface area contributed by atoms with Gasteiger partial charge in [-0.15, -0.1) is 0 Å². The molecule has 0 amide bonds. The molecule has 8 nitrogen and oxygen atoms in total. The maximum Gasteiger partial charge on any atom is 0.421 e. The number of alkyl halides is 3. The minimum absolute atomic E-state index is 0.0861. The fourth-order valence-electron chi connectivity index (χ4n) is 4.12. The highest BCUT2D eigenvalue weighted by Gasteiger charge is 2.35. The number of H-pyrrole nitrogens is 1. The fourth-order valence-corrected chi connectivity index (χ4v) is 4.12. The normalized spacial score (nSPS) is 11.5. The number of anilines is 4. The van der Waals surface area contributed by atoms with Crippen LogP contribution in [0.25, 0.3) is 10.9 Å². The van der Waals surface area contributed by atoms with Crippen LogP contribution in [-0.4, -0.2) is 28.7 Å². The number of pyridine rings is 1. The minimum atomic E-state index is -4.73. The second-order valence-corrected chi connectivity index (χ2v) is 8.77. The van der Waals surface area contributed by atoms with Gasteiger partial charge in [-0.05, 0) is 45.0 Å². The van der Waals surface area contributed by atoms with Crippen LogP contribution in [-0.2, 0) is 17.3 Å². The molecular weight excluding hydrogens is 511 g/mol. The van der Waals surface area contributed by atoms with Gasteiger partial charge in [0, 0.05) is 23.5 Å². The first-order chi connectivity index (χ1) is 18.6. The molecule has 2 aromatic carbocycles. The van der Waals surface area contributed by atoms with Crippen LogP contribution in [0.4, 0.5) is 36.3 Å². The second kappa shape index (κ2) is 11.6. The van der Waals surface area contributed by atoms with E-state index in [-0.39, 0.29) is 22.5 Å². The van der Waals surface area contributed by atoms with Crippen molar-refractivity contribution in [1.82, 2.24) is 15.0 Å². The number of aromatic nitrogens is 3. The van der Waals surface area contributed by atoms with E-state index in [9.17, 15) is 18.0 Å². The van der Waals surface area contributed by atoms with Crippen molar-refractivity contribution in [2.75, 3.05) is 24.4 Å². The van der Waals surface area contributed by atoms with Crippen molar-refractivity contribution in [2.24, 2.45) is 0 Å². The van der Waals surface area contributed by atoms with Crippen molar-refractivity contribution in [3.05, 3.63) is 81.8 Å². The number of fused-ring (bicyclic) bond motifs is 1. The monoisotopic (exact) mass is 540 g/mol. The van der Waals surface area contributed by atoms with Crippen molar-refractivity contribution in [1.29, 1.82) is 0 Å². The number of rotatable bonds is 10. The first kappa shape index (κ1) is 27.8. The molecule has 0 atom stereocenters. The first-order valence-electron chi connectivity index (χ1n) is 12.4. The minimum Gasteiger partial charge on any atom is -0.495 e. The average molecular weight is 541 g/mol. The maximum absolute atomic E-state index is 13.9. The summed E-state index contributed by atoms with van der Waals surface area (Å²) in [6.45, 7) is 6.14. The lowest BCUT2D eigenvalue weighted by Crippen LogP contribution is -2.14. The van der Waals surface area contributed by atoms with Gasteiger partial charge in [-0.2, -0.15) is 22.9 Å². The third kappa shape index (κ3) is 6.26. The number of halogens is 3. The van der Waals surface area contributed by atoms with Gasteiger partial charge in [0.25, 0.3) is 0 Å². The van der Waals surface area contributed by atoms with Gasteiger partial charge >= 0.3 is 6.18 Å². The van der Waals surface area contributed by atoms with E-state index < -0.39 is 17.6 Å². The molecule has 2 heterocycles. The molecule has 0 spiro atoms. The number of aromatic amines is 1. The van der Waals surface area contributed by atoms with Gasteiger partial charge in [-0.3, -0.25) is 4.79 Å². The molecule has 2 aromatic heterocycles. The number of hydrogen-bond acceptors (Lipinski definition) is 7. The number of nitrogens with zero attached hydrogens (tertiary/aromatic N) is 2. The van der Waals surface area contributed by atoms with E-state index >= 15 is 0 Å². The molecule has 0 aliphatic heterocycles. The number of ether oxygens (including phenoxy) is 2. The predicted molar refractivity (Wildman–Crippen MR) is 145 cm³/mol. The van der Waals surface area contributed by atoms with E-state index in [1.54, 1.807) is 31.3 Å². The topological polar surface area (TPSA) is 101 Å². The van der Waals surface area contributed by atoms with E-state index in [1.165, 1.54) is 13.2 Å². The number of methoxy groups -OCH3 is 1. The zero-order valence-corrected chi connectivity index (χ0v) is 22.0. The molecule has 0 saturated carbocycles. The van der Waals surface area contributed by atoms with Crippen LogP contribution < -0.4 is 20.8 Å². The summed E-state index contributed by atoms with van der Waals surface area (Å²) in [6, 6.07) is 10.3. The molecule has 11 heteroatoms. The summed E-state index contributed by atoms with van der Waals surface area (Å²) >= 11 is 0. The molecule has 39 heavy (non-hydrogen) atoms. The van der Waals surface area contributed by atoms with Gasteiger partial charge < -0.3 is 20.4 Å². The standard InChI is InChI=1S/C28H28F3N5O3/c1-5-18(39-6-2)12-17-10-11-20(23(13-17)38-4)35-27-33-15-19(28(29,30)31)26(36-27)34-22-9-7-8-21-24(22)25(37)16(3)14-32-21/h7-11,13-15H,5-6,12H2,1-4H3,(H2-,32,33,34,35,36,37)/p+1. The molecule has 0 aliphatic rings. The molecule has 4 rings (SSSR count). The largest absolute Gasteiger partial charge is 0.495 e. The van der Waals surface area contributed by atoms with Crippen LogP contribution >= 0.6 is 0 Å². The highest BCUT2D eigenvalue weighted by atomic mass is 19.4. The predicted octanol–water partition coefficient (Wildman–Crippen LogP) is 6.66. The van der Waals surface area contributed by atoms with Gasteiger partial charge in [0.1, 0.15) is 30.0 Å². The third-order valence-corrected chi connectivity index (χ3v) is 6.10. The highest BCUT2D eigenvalue weighted by molar-refractivity contribution is 5.93. The van der Waals surface area contributed by atoms with Crippen LogP contribution in [0.2, 0.25) is 0 Å². The van der Waals surface area contributed by atoms with E-state index in [0.29, 0.717) is 41.7 Å². The van der Waals surface area contributed by atoms with Gasteiger partial charge in [0.15, 0.2) is 5.43 Å². The number of benzene rings is 2. The second-order valence-electron chi connectivity index (χ2n) is 8.77. The first-order valence-corrected chi connectivity index (χ1v) is 12.4. The van der Waals surface area contributed by atoms with Crippen LogP contribution in [0.3, 0.4) is 0 Å². The summed E-state index contributed by atoms with van der Waals surface area (Å²) in [5.74, 6) is -0.117. The molecule has 0 bridgehead atoms. The number of hydrogen-bond donors (Lipinski definition) is 3. The number of nitrogens with one attached hydrogen (secondary N) is 3. The zero-order chi connectivity index (χ0) is 28.2. The Kier molecular flexibility index (Phi) is 8.29. The molecule has 3 N–H and O–H groups in total. The summed E-state index contributed by atoms with van der Waals surface area (Å²) in [6.07, 6.45) is -0.170. The van der Waals surface area contributed by atoms with Gasteiger partial charge in [-0.25, -0.2) is 4.98 Å². The molecule has 204 valence electrons. The summed E-state index contributed by atoms with van der Waals surface area (Å²) in [5.41, 5.74) is 1.15. The van der Waals surface area contributed by atoms with Crippen molar-refractivity contribution in [3.8, 4) is 5.75 Å². The molecule has 0 unspecified atom stereocenters. The molecule has 0 saturated heterocycles. The SMILES string of the molecule is CCO[C+](CC)Cc1ccc(Nc2ncc(C(F)(F)F)c(Nc3cccc4[nH]cc(C)c(=O)c34)n2)c(OC)c1. The van der Waals surface area contributed by atoms with Gasteiger partial charge in [-0.1, -0.05) is 12.1 Å². The summed E-state index contributed by atoms with van der Waals surface area (Å²) < 4.78 is 52.8. The van der Waals surface area contributed by atoms with E-state index in [2.05, 4.69) is 25.6 Å². The summed E-state index contributed by atoms with van der Waals surface area (Å²) in [4.78, 5) is 23.8. The highest BCUT2D eigenvalue weighted by Crippen LogP contribution is 2.37. The lowest BCUT2D eigenvalue weighted by atomic mass is 10.1. The van der Waals surface area contributed by atoms with Crippen LogP contribution in [0.1, 0.15) is 37.0 Å². The van der Waals surface area contributed by atoms with Crippen LogP contribution in [0, 0.1) is 13.0 Å². The Labute approximate surface area is 223 Å². The van der Waals surface area contributed by atoms with Crippen molar-refractivity contribution in [2.45, 2.75) is 39.8 Å². The summed E-state index contributed by atoms with van der Waals surface area (Å²) in [5, 5.41) is 5.89. The Balaban J connectivity index is 1.69. The lowest BCUT2D eigenvalue weighted by Gasteiger charge is -2.17. The Bertz CT molecular complexity index is 1520. The van der Waals surface area contributed by atoms with Crippen LogP contribution in [0.5, 0.6) is 5.75 Å². The smallest absolute Gasteiger partial charge is 0.421 e. The molecular formula is C28H29F3N5O3+. The van der Waals surface area contributed by atoms with Gasteiger partial charge in [0.2, 0.25) is 12.1 Å². The van der Waals surface area contributed by atoms with Crippen molar-refractivity contribution >= 4 is 34.0 Å². The van der Waals surface area contributed by atoms with Crippen LogP contribution in [0.15, 0.2) is 53.6 Å². The molecule has 0 aliphatic carbocycles. The Hall–Kier alpha value is -4.25. The third-order valence-electron chi connectivity index (χ3n) is 6.10. The quantitative estimate of drug-likeness (QED) is 0.193. The molecule has 4 aromatic rings. The van der Waals surface area contributed by atoms with Crippen molar-refractivity contribution < 1.29 is 22.6 Å².